The van der Waals surface area contributed by atoms with E-state index in [4.69, 9.17) is 15.3 Å². The van der Waals surface area contributed by atoms with Gasteiger partial charge in [-0.1, -0.05) is 51.1 Å². The standard InChI is InChI=1S/C23H31N7OSi/c1-23(2,3)32(4,5)31-15-19(17-9-7-6-8-10-17)30-14-16(13-25-30)11-18-12-20(24)26-22-21(18)27-29-28-22/h6-10,12-14,19H,11,15H2,1-5H3,(H3,24,26,27,28,29). The first kappa shape index (κ1) is 22.2. The van der Waals surface area contributed by atoms with Crippen LogP contribution in [0.4, 0.5) is 5.82 Å². The van der Waals surface area contributed by atoms with Crippen molar-refractivity contribution in [3.05, 3.63) is 65.5 Å². The fourth-order valence-corrected chi connectivity index (χ4v) is 4.43. The molecule has 4 aromatic rings. The minimum atomic E-state index is -1.90. The molecule has 1 unspecified atom stereocenters. The molecule has 1 atom stereocenters. The van der Waals surface area contributed by atoms with Crippen LogP contribution in [-0.2, 0) is 10.8 Å². The van der Waals surface area contributed by atoms with Crippen LogP contribution < -0.4 is 5.73 Å². The van der Waals surface area contributed by atoms with E-state index in [1.165, 1.54) is 5.56 Å². The molecular weight excluding hydrogens is 418 g/mol. The van der Waals surface area contributed by atoms with Gasteiger partial charge in [0, 0.05) is 12.6 Å². The van der Waals surface area contributed by atoms with Crippen LogP contribution in [0.25, 0.3) is 11.2 Å². The van der Waals surface area contributed by atoms with Gasteiger partial charge in [-0.15, -0.1) is 5.10 Å². The molecule has 0 spiro atoms. The summed E-state index contributed by atoms with van der Waals surface area (Å²) >= 11 is 0. The minimum Gasteiger partial charge on any atom is -0.414 e. The number of hydrogen-bond donors (Lipinski definition) is 2. The number of rotatable bonds is 7. The van der Waals surface area contributed by atoms with Gasteiger partial charge in [0.05, 0.1) is 18.8 Å². The molecule has 0 aliphatic heterocycles. The number of nitrogens with two attached hydrogens (primary N) is 1. The predicted octanol–water partition coefficient (Wildman–Crippen LogP) is 4.33. The lowest BCUT2D eigenvalue weighted by atomic mass is 10.1. The fourth-order valence-electron chi connectivity index (χ4n) is 3.42. The highest BCUT2D eigenvalue weighted by Gasteiger charge is 2.38. The van der Waals surface area contributed by atoms with Crippen molar-refractivity contribution in [1.29, 1.82) is 0 Å². The van der Waals surface area contributed by atoms with E-state index in [1.54, 1.807) is 0 Å². The number of nitrogens with one attached hydrogen (secondary N) is 1. The number of aromatic nitrogens is 6. The molecule has 9 heteroatoms. The Morgan fingerprint density at radius 2 is 1.91 bits per heavy atom. The lowest BCUT2D eigenvalue weighted by Crippen LogP contribution is -2.42. The van der Waals surface area contributed by atoms with Crippen molar-refractivity contribution in [3.8, 4) is 0 Å². The normalized spacial score (nSPS) is 13.5. The molecule has 3 N–H and O–H groups in total. The van der Waals surface area contributed by atoms with Gasteiger partial charge < -0.3 is 10.2 Å². The molecule has 0 fully saturated rings. The highest BCUT2D eigenvalue weighted by molar-refractivity contribution is 6.74. The molecule has 0 saturated heterocycles. The molecule has 0 radical (unpaired) electrons. The topological polar surface area (TPSA) is 108 Å². The fraction of sp³-hybridized carbons (Fsp3) is 0.391. The SMILES string of the molecule is CC(C)(C)[Si](C)(C)OCC(c1ccccc1)n1cc(Cc2cc(N)nc3n[nH]nc23)cn1. The molecule has 0 saturated carbocycles. The highest BCUT2D eigenvalue weighted by Crippen LogP contribution is 2.37. The summed E-state index contributed by atoms with van der Waals surface area (Å²) in [5.41, 5.74) is 10.4. The highest BCUT2D eigenvalue weighted by atomic mass is 28.4. The number of aromatic amines is 1. The molecule has 3 aromatic heterocycles. The number of benzene rings is 1. The molecule has 0 aliphatic carbocycles. The molecule has 168 valence electrons. The van der Waals surface area contributed by atoms with Gasteiger partial charge in [0.25, 0.3) is 0 Å². The van der Waals surface area contributed by atoms with Crippen molar-refractivity contribution in [1.82, 2.24) is 30.2 Å². The van der Waals surface area contributed by atoms with Crippen LogP contribution in [0, 0.1) is 0 Å². The van der Waals surface area contributed by atoms with E-state index < -0.39 is 8.32 Å². The third-order valence-electron chi connectivity index (χ3n) is 6.35. The summed E-state index contributed by atoms with van der Waals surface area (Å²) in [4.78, 5) is 4.22. The van der Waals surface area contributed by atoms with Gasteiger partial charge in [0.1, 0.15) is 11.3 Å². The predicted molar refractivity (Wildman–Crippen MR) is 129 cm³/mol. The number of pyridine rings is 1. The average molecular weight is 450 g/mol. The third kappa shape index (κ3) is 4.58. The third-order valence-corrected chi connectivity index (χ3v) is 10.9. The molecular formula is C23H31N7OSi. The number of anilines is 1. The molecule has 4 rings (SSSR count). The van der Waals surface area contributed by atoms with E-state index in [9.17, 15) is 0 Å². The van der Waals surface area contributed by atoms with Gasteiger partial charge in [-0.25, -0.2) is 4.98 Å². The Labute approximate surface area is 189 Å². The molecule has 1 aromatic carbocycles. The maximum atomic E-state index is 6.59. The van der Waals surface area contributed by atoms with E-state index in [0.29, 0.717) is 24.5 Å². The summed E-state index contributed by atoms with van der Waals surface area (Å²) in [5.74, 6) is 0.429. The summed E-state index contributed by atoms with van der Waals surface area (Å²) in [7, 11) is -1.90. The maximum Gasteiger partial charge on any atom is 0.203 e. The van der Waals surface area contributed by atoms with E-state index >= 15 is 0 Å². The van der Waals surface area contributed by atoms with Crippen LogP contribution in [0.1, 0.15) is 43.5 Å². The second-order valence-electron chi connectivity index (χ2n) is 9.71. The van der Waals surface area contributed by atoms with Crippen molar-refractivity contribution in [2.75, 3.05) is 12.3 Å². The molecule has 3 heterocycles. The van der Waals surface area contributed by atoms with Crippen molar-refractivity contribution >= 4 is 25.3 Å². The quantitative estimate of drug-likeness (QED) is 0.407. The van der Waals surface area contributed by atoms with Crippen molar-refractivity contribution in [2.45, 2.75) is 51.4 Å². The van der Waals surface area contributed by atoms with Crippen LogP contribution >= 0.6 is 0 Å². The molecule has 8 nitrogen and oxygen atoms in total. The Bertz CT molecular complexity index is 1190. The summed E-state index contributed by atoms with van der Waals surface area (Å²) in [5, 5.41) is 15.8. The molecule has 32 heavy (non-hydrogen) atoms. The minimum absolute atomic E-state index is 0.00588. The summed E-state index contributed by atoms with van der Waals surface area (Å²) in [6.07, 6.45) is 4.61. The van der Waals surface area contributed by atoms with Gasteiger partial charge >= 0.3 is 0 Å². The summed E-state index contributed by atoms with van der Waals surface area (Å²) in [6, 6.07) is 12.2. The molecule has 0 bridgehead atoms. The first-order valence-corrected chi connectivity index (χ1v) is 13.7. The van der Waals surface area contributed by atoms with Gasteiger partial charge in [-0.05, 0) is 40.9 Å². The summed E-state index contributed by atoms with van der Waals surface area (Å²) in [6.45, 7) is 11.9. The van der Waals surface area contributed by atoms with Crippen molar-refractivity contribution in [2.24, 2.45) is 0 Å². The van der Waals surface area contributed by atoms with Crippen LogP contribution in [0.3, 0.4) is 0 Å². The van der Waals surface area contributed by atoms with Gasteiger partial charge in [-0.2, -0.15) is 15.4 Å². The number of H-pyrrole nitrogens is 1. The Hall–Kier alpha value is -3.04. The Kier molecular flexibility index (Phi) is 5.87. The van der Waals surface area contributed by atoms with Gasteiger partial charge in [-0.3, -0.25) is 4.68 Å². The number of nitrogen functional groups attached to an aromatic ring is 1. The van der Waals surface area contributed by atoms with Crippen LogP contribution in [0.2, 0.25) is 18.1 Å². The average Bonchev–Trinajstić information content (AvgIpc) is 3.38. The largest absolute Gasteiger partial charge is 0.414 e. The monoisotopic (exact) mass is 449 g/mol. The number of fused-ring (bicyclic) bond motifs is 1. The van der Waals surface area contributed by atoms with E-state index in [-0.39, 0.29) is 11.1 Å². The zero-order chi connectivity index (χ0) is 22.9. The van der Waals surface area contributed by atoms with E-state index in [0.717, 1.165) is 16.6 Å². The Morgan fingerprint density at radius 1 is 1.16 bits per heavy atom. The van der Waals surface area contributed by atoms with Crippen LogP contribution in [-0.4, -0.2) is 45.1 Å². The summed E-state index contributed by atoms with van der Waals surface area (Å²) < 4.78 is 8.59. The number of nitrogens with zero attached hydrogens (tertiary/aromatic N) is 5. The maximum absolute atomic E-state index is 6.59. The Balaban J connectivity index is 1.61. The molecule has 0 aliphatic rings. The number of hydrogen-bond acceptors (Lipinski definition) is 6. The van der Waals surface area contributed by atoms with E-state index in [2.05, 4.69) is 84.7 Å². The first-order chi connectivity index (χ1) is 15.1. The van der Waals surface area contributed by atoms with Crippen LogP contribution in [0.5, 0.6) is 0 Å². The smallest absolute Gasteiger partial charge is 0.203 e. The zero-order valence-electron chi connectivity index (χ0n) is 19.3. The van der Waals surface area contributed by atoms with Gasteiger partial charge in [0.15, 0.2) is 8.32 Å². The van der Waals surface area contributed by atoms with E-state index in [1.807, 2.05) is 23.0 Å². The van der Waals surface area contributed by atoms with Gasteiger partial charge in [0.2, 0.25) is 5.65 Å². The zero-order valence-corrected chi connectivity index (χ0v) is 20.3. The van der Waals surface area contributed by atoms with Crippen LogP contribution in [0.15, 0.2) is 48.8 Å². The Morgan fingerprint density at radius 3 is 2.62 bits per heavy atom. The lowest BCUT2D eigenvalue weighted by molar-refractivity contribution is 0.240. The van der Waals surface area contributed by atoms with Crippen molar-refractivity contribution in [3.63, 3.8) is 0 Å². The van der Waals surface area contributed by atoms with Crippen molar-refractivity contribution < 1.29 is 4.43 Å². The lowest BCUT2D eigenvalue weighted by Gasteiger charge is -2.37. The first-order valence-electron chi connectivity index (χ1n) is 10.8. The molecule has 0 amide bonds. The second-order valence-corrected chi connectivity index (χ2v) is 14.5. The second kappa shape index (κ2) is 8.48.